The lowest BCUT2D eigenvalue weighted by Gasteiger charge is -2.12. The molecule has 5 heteroatoms. The van der Waals surface area contributed by atoms with Crippen LogP contribution in [0, 0.1) is 11.3 Å². The van der Waals surface area contributed by atoms with Crippen molar-refractivity contribution in [3.63, 3.8) is 0 Å². The third kappa shape index (κ3) is 4.78. The van der Waals surface area contributed by atoms with Crippen LogP contribution >= 0.6 is 0 Å². The van der Waals surface area contributed by atoms with Crippen LogP contribution in [0.2, 0.25) is 0 Å². The fourth-order valence-corrected chi connectivity index (χ4v) is 7.55. The average Bonchev–Trinajstić information content (AvgIpc) is 3.72. The average molecular weight is 664 g/mol. The van der Waals surface area contributed by atoms with Crippen LogP contribution in [0.1, 0.15) is 5.56 Å². The summed E-state index contributed by atoms with van der Waals surface area (Å²) < 4.78 is 4.74. The van der Waals surface area contributed by atoms with Crippen molar-refractivity contribution in [3.8, 4) is 51.3 Å². The van der Waals surface area contributed by atoms with Crippen LogP contribution in [-0.4, -0.2) is 19.1 Å². The van der Waals surface area contributed by atoms with Gasteiger partial charge in [0, 0.05) is 49.6 Å². The molecule has 5 nitrogen and oxygen atoms in total. The standard InChI is InChI=1S/C47H29N5/c48-30-31-12-11-15-34(26-31)42-29-41(32-13-3-1-4-14-32)49-47(50-42)33-22-24-36(25-23-33)52-44-21-10-8-19-38(44)40-27-45-39(28-46(40)52)37-18-7-9-20-43(37)51(45)35-16-5-2-6-17-35/h1-29H. The van der Waals surface area contributed by atoms with Crippen LogP contribution in [0.15, 0.2) is 176 Å². The zero-order valence-corrected chi connectivity index (χ0v) is 28.0. The van der Waals surface area contributed by atoms with Crippen LogP contribution < -0.4 is 0 Å². The van der Waals surface area contributed by atoms with E-state index in [2.05, 4.69) is 143 Å². The number of fused-ring (bicyclic) bond motifs is 6. The molecule has 0 fully saturated rings. The van der Waals surface area contributed by atoms with E-state index in [1.165, 1.54) is 32.6 Å². The molecule has 52 heavy (non-hydrogen) atoms. The Labute approximate surface area is 299 Å². The highest BCUT2D eigenvalue weighted by Crippen LogP contribution is 2.40. The van der Waals surface area contributed by atoms with E-state index in [0.29, 0.717) is 11.4 Å². The molecule has 0 aliphatic heterocycles. The molecule has 0 amide bonds. The number of rotatable bonds is 5. The van der Waals surface area contributed by atoms with E-state index in [4.69, 9.17) is 9.97 Å². The summed E-state index contributed by atoms with van der Waals surface area (Å²) in [5.41, 5.74) is 11.9. The van der Waals surface area contributed by atoms with Gasteiger partial charge in [-0.25, -0.2) is 9.97 Å². The Balaban J connectivity index is 1.15. The molecule has 0 radical (unpaired) electrons. The lowest BCUT2D eigenvalue weighted by Crippen LogP contribution is -1.97. The van der Waals surface area contributed by atoms with Gasteiger partial charge < -0.3 is 9.13 Å². The molecule has 3 heterocycles. The van der Waals surface area contributed by atoms with E-state index in [9.17, 15) is 5.26 Å². The first-order chi connectivity index (χ1) is 25.7. The van der Waals surface area contributed by atoms with Crippen LogP contribution in [0.25, 0.3) is 88.9 Å². The van der Waals surface area contributed by atoms with Crippen LogP contribution in [-0.2, 0) is 0 Å². The van der Waals surface area contributed by atoms with Crippen molar-refractivity contribution in [2.24, 2.45) is 0 Å². The van der Waals surface area contributed by atoms with Crippen molar-refractivity contribution in [1.29, 1.82) is 5.26 Å². The van der Waals surface area contributed by atoms with Crippen molar-refractivity contribution in [2.75, 3.05) is 0 Å². The monoisotopic (exact) mass is 663 g/mol. The molecule has 242 valence electrons. The van der Waals surface area contributed by atoms with Crippen molar-refractivity contribution in [2.45, 2.75) is 0 Å². The fraction of sp³-hybridized carbons (Fsp3) is 0. The highest BCUT2D eigenvalue weighted by molar-refractivity contribution is 6.19. The molecule has 0 atom stereocenters. The first kappa shape index (κ1) is 29.6. The minimum atomic E-state index is 0.594. The first-order valence-corrected chi connectivity index (χ1v) is 17.3. The van der Waals surface area contributed by atoms with Gasteiger partial charge in [-0.15, -0.1) is 0 Å². The topological polar surface area (TPSA) is 59.4 Å². The van der Waals surface area contributed by atoms with E-state index in [1.54, 1.807) is 0 Å². The number of nitriles is 1. The molecule has 0 spiro atoms. The number of aromatic nitrogens is 4. The zero-order chi connectivity index (χ0) is 34.6. The molecular weight excluding hydrogens is 635 g/mol. The third-order valence-corrected chi connectivity index (χ3v) is 9.95. The van der Waals surface area contributed by atoms with Gasteiger partial charge in [-0.1, -0.05) is 97.1 Å². The fourth-order valence-electron chi connectivity index (χ4n) is 7.55. The van der Waals surface area contributed by atoms with Gasteiger partial charge in [0.1, 0.15) is 0 Å². The quantitative estimate of drug-likeness (QED) is 0.184. The largest absolute Gasteiger partial charge is 0.309 e. The van der Waals surface area contributed by atoms with E-state index in [1.807, 2.05) is 48.5 Å². The molecule has 0 saturated carbocycles. The van der Waals surface area contributed by atoms with E-state index < -0.39 is 0 Å². The van der Waals surface area contributed by atoms with Gasteiger partial charge in [-0.2, -0.15) is 5.26 Å². The minimum Gasteiger partial charge on any atom is -0.309 e. The normalized spacial score (nSPS) is 11.4. The third-order valence-electron chi connectivity index (χ3n) is 9.95. The van der Waals surface area contributed by atoms with Gasteiger partial charge in [0.15, 0.2) is 5.82 Å². The maximum atomic E-state index is 9.57. The second kappa shape index (κ2) is 11.9. The molecule has 3 aromatic heterocycles. The number of hydrogen-bond acceptors (Lipinski definition) is 3. The second-order valence-electron chi connectivity index (χ2n) is 13.0. The Morgan fingerprint density at radius 2 is 0.904 bits per heavy atom. The lowest BCUT2D eigenvalue weighted by atomic mass is 10.0. The highest BCUT2D eigenvalue weighted by atomic mass is 15.0. The maximum Gasteiger partial charge on any atom is 0.160 e. The molecule has 0 saturated heterocycles. The van der Waals surface area contributed by atoms with E-state index >= 15 is 0 Å². The summed E-state index contributed by atoms with van der Waals surface area (Å²) >= 11 is 0. The second-order valence-corrected chi connectivity index (χ2v) is 13.0. The molecular formula is C47H29N5. The number of nitrogens with zero attached hydrogens (tertiary/aromatic N) is 5. The number of hydrogen-bond donors (Lipinski definition) is 0. The van der Waals surface area contributed by atoms with Crippen molar-refractivity contribution >= 4 is 43.6 Å². The minimum absolute atomic E-state index is 0.594. The molecule has 0 unspecified atom stereocenters. The molecule has 0 bridgehead atoms. The van der Waals surface area contributed by atoms with Gasteiger partial charge >= 0.3 is 0 Å². The van der Waals surface area contributed by atoms with Crippen molar-refractivity contribution in [1.82, 2.24) is 19.1 Å². The zero-order valence-electron chi connectivity index (χ0n) is 28.0. The van der Waals surface area contributed by atoms with Gasteiger partial charge in [0.05, 0.1) is 45.1 Å². The van der Waals surface area contributed by atoms with Crippen LogP contribution in [0.5, 0.6) is 0 Å². The van der Waals surface area contributed by atoms with Crippen LogP contribution in [0.3, 0.4) is 0 Å². The summed E-state index contributed by atoms with van der Waals surface area (Å²) in [7, 11) is 0. The highest BCUT2D eigenvalue weighted by Gasteiger charge is 2.19. The summed E-state index contributed by atoms with van der Waals surface area (Å²) in [6, 6.07) is 63.1. The van der Waals surface area contributed by atoms with Gasteiger partial charge in [0.2, 0.25) is 0 Å². The Hall–Kier alpha value is -7.29. The summed E-state index contributed by atoms with van der Waals surface area (Å²) in [6.07, 6.45) is 0. The van der Waals surface area contributed by atoms with Crippen molar-refractivity contribution < 1.29 is 0 Å². The van der Waals surface area contributed by atoms with Gasteiger partial charge in [0.25, 0.3) is 0 Å². The number of para-hydroxylation sites is 3. The molecule has 0 aliphatic rings. The SMILES string of the molecule is N#Cc1cccc(-c2cc(-c3ccccc3)nc(-c3ccc(-n4c5ccccc5c5cc6c(cc54)c4ccccc4n6-c4ccccc4)cc3)n2)c1. The number of benzene rings is 7. The molecule has 0 N–H and O–H groups in total. The summed E-state index contributed by atoms with van der Waals surface area (Å²) in [5.74, 6) is 0.628. The molecule has 7 aromatic carbocycles. The first-order valence-electron chi connectivity index (χ1n) is 17.3. The summed E-state index contributed by atoms with van der Waals surface area (Å²) in [4.78, 5) is 10.1. The Bertz CT molecular complexity index is 3000. The Morgan fingerprint density at radius 3 is 1.52 bits per heavy atom. The predicted molar refractivity (Wildman–Crippen MR) is 212 cm³/mol. The Morgan fingerprint density at radius 1 is 0.385 bits per heavy atom. The van der Waals surface area contributed by atoms with Crippen LogP contribution in [0.4, 0.5) is 0 Å². The maximum absolute atomic E-state index is 9.57. The molecule has 10 rings (SSSR count). The summed E-state index contributed by atoms with van der Waals surface area (Å²) in [6.45, 7) is 0. The van der Waals surface area contributed by atoms with E-state index in [0.717, 1.165) is 50.5 Å². The molecule has 10 aromatic rings. The summed E-state index contributed by atoms with van der Waals surface area (Å²) in [5, 5.41) is 14.4. The predicted octanol–water partition coefficient (Wildman–Crippen LogP) is 11.5. The van der Waals surface area contributed by atoms with E-state index in [-0.39, 0.29) is 0 Å². The van der Waals surface area contributed by atoms with Gasteiger partial charge in [-0.05, 0) is 78.9 Å². The smallest absolute Gasteiger partial charge is 0.160 e. The Kier molecular flexibility index (Phi) is 6.80. The van der Waals surface area contributed by atoms with Crippen molar-refractivity contribution in [3.05, 3.63) is 181 Å². The molecule has 0 aliphatic carbocycles. The van der Waals surface area contributed by atoms with Gasteiger partial charge in [-0.3, -0.25) is 0 Å². The lowest BCUT2D eigenvalue weighted by molar-refractivity contribution is 1.16.